The van der Waals surface area contributed by atoms with Gasteiger partial charge in [-0.15, -0.1) is 0 Å². The maximum Gasteiger partial charge on any atom is 0.323 e. The first kappa shape index (κ1) is 20.8. The Morgan fingerprint density at radius 1 is 1.06 bits per heavy atom. The molecule has 2 aliphatic rings. The minimum atomic E-state index is -0.165. The van der Waals surface area contributed by atoms with Crippen LogP contribution in [0.25, 0.3) is 11.1 Å². The zero-order valence-electron chi connectivity index (χ0n) is 18.2. The van der Waals surface area contributed by atoms with Crippen molar-refractivity contribution in [2.24, 2.45) is 5.92 Å². The van der Waals surface area contributed by atoms with E-state index in [0.29, 0.717) is 24.2 Å². The van der Waals surface area contributed by atoms with E-state index in [2.05, 4.69) is 53.7 Å². The Morgan fingerprint density at radius 3 is 2.34 bits per heavy atom. The van der Waals surface area contributed by atoms with Gasteiger partial charge >= 0.3 is 6.03 Å². The summed E-state index contributed by atoms with van der Waals surface area (Å²) in [5.41, 5.74) is 3.34. The Morgan fingerprint density at radius 2 is 1.72 bits per heavy atom. The lowest BCUT2D eigenvalue weighted by Crippen LogP contribution is -2.38. The maximum absolute atomic E-state index is 12.4. The predicted molar refractivity (Wildman–Crippen MR) is 128 cm³/mol. The third-order valence-electron chi connectivity index (χ3n) is 6.39. The van der Waals surface area contributed by atoms with Crippen LogP contribution in [0.1, 0.15) is 32.3 Å². The molecular weight excluding hydrogens is 422 g/mol. The lowest BCUT2D eigenvalue weighted by molar-refractivity contribution is 0.251. The van der Waals surface area contributed by atoms with Crippen molar-refractivity contribution in [2.45, 2.75) is 38.3 Å². The number of benzene rings is 2. The van der Waals surface area contributed by atoms with Crippen molar-refractivity contribution in [1.29, 1.82) is 0 Å². The number of amides is 2. The van der Waals surface area contributed by atoms with Crippen molar-refractivity contribution in [1.82, 2.24) is 15.3 Å². The molecule has 1 aliphatic heterocycles. The molecule has 164 valence electrons. The molecule has 0 spiro atoms. The molecule has 2 heterocycles. The number of nitrogens with one attached hydrogen (secondary N) is 2. The molecule has 5 rings (SSSR count). The summed E-state index contributed by atoms with van der Waals surface area (Å²) in [7, 11) is 0. The molecule has 32 heavy (non-hydrogen) atoms. The number of urea groups is 1. The summed E-state index contributed by atoms with van der Waals surface area (Å²) in [5, 5.41) is 7.20. The van der Waals surface area contributed by atoms with E-state index in [1.807, 2.05) is 24.3 Å². The lowest BCUT2D eigenvalue weighted by Gasteiger charge is -2.25. The van der Waals surface area contributed by atoms with Gasteiger partial charge in [-0.1, -0.05) is 61.8 Å². The van der Waals surface area contributed by atoms with Crippen LogP contribution < -0.4 is 15.5 Å². The van der Waals surface area contributed by atoms with Gasteiger partial charge in [0.1, 0.15) is 5.82 Å². The van der Waals surface area contributed by atoms with Gasteiger partial charge in [-0.05, 0) is 53.6 Å². The molecule has 0 bridgehead atoms. The second-order valence-electron chi connectivity index (χ2n) is 8.90. The molecule has 7 heteroatoms. The Labute approximate surface area is 193 Å². The molecule has 1 saturated heterocycles. The van der Waals surface area contributed by atoms with Gasteiger partial charge in [0.05, 0.1) is 11.6 Å². The fraction of sp³-hybridized carbons (Fsp3) is 0.320. The number of nitrogens with zero attached hydrogens (tertiary/aromatic N) is 3. The molecule has 1 aliphatic carbocycles. The van der Waals surface area contributed by atoms with Gasteiger partial charge < -0.3 is 10.6 Å². The highest BCUT2D eigenvalue weighted by molar-refractivity contribution is 6.30. The minimum Gasteiger partial charge on any atom is -0.345 e. The van der Waals surface area contributed by atoms with Crippen LogP contribution in [-0.4, -0.2) is 28.6 Å². The quantitative estimate of drug-likeness (QED) is 0.527. The zero-order valence-corrected chi connectivity index (χ0v) is 18.9. The summed E-state index contributed by atoms with van der Waals surface area (Å²) in [4.78, 5) is 23.3. The van der Waals surface area contributed by atoms with Crippen molar-refractivity contribution in [2.75, 3.05) is 16.8 Å². The number of rotatable bonds is 6. The maximum atomic E-state index is 12.4. The van der Waals surface area contributed by atoms with Crippen molar-refractivity contribution in [3.05, 3.63) is 71.4 Å². The summed E-state index contributed by atoms with van der Waals surface area (Å²) in [6.45, 7) is 4.86. The summed E-state index contributed by atoms with van der Waals surface area (Å²) >= 11 is 6.01. The van der Waals surface area contributed by atoms with E-state index in [0.717, 1.165) is 29.0 Å². The predicted octanol–water partition coefficient (Wildman–Crippen LogP) is 5.45. The van der Waals surface area contributed by atoms with Crippen molar-refractivity contribution in [3.8, 4) is 11.1 Å². The molecule has 1 atom stereocenters. The third-order valence-corrected chi connectivity index (χ3v) is 6.64. The summed E-state index contributed by atoms with van der Waals surface area (Å²) < 4.78 is 0. The van der Waals surface area contributed by atoms with Crippen LogP contribution in [-0.2, 0) is 5.54 Å². The number of hydrogen-bond acceptors (Lipinski definition) is 4. The largest absolute Gasteiger partial charge is 0.345 e. The number of halogens is 1. The zero-order chi connectivity index (χ0) is 22.3. The average Bonchev–Trinajstić information content (AvgIpc) is 3.46. The fourth-order valence-electron chi connectivity index (χ4n) is 4.32. The molecule has 0 unspecified atom stereocenters. The van der Waals surface area contributed by atoms with Crippen LogP contribution in [0.15, 0.2) is 60.8 Å². The Hall–Kier alpha value is -3.12. The van der Waals surface area contributed by atoms with E-state index in [1.165, 1.54) is 5.56 Å². The van der Waals surface area contributed by atoms with Gasteiger partial charge in [0.2, 0.25) is 5.95 Å². The van der Waals surface area contributed by atoms with Crippen LogP contribution in [0.4, 0.5) is 16.6 Å². The molecular formula is C25H26ClN5O. The van der Waals surface area contributed by atoms with Gasteiger partial charge in [-0.2, -0.15) is 4.98 Å². The Kier molecular flexibility index (Phi) is 5.25. The van der Waals surface area contributed by atoms with Gasteiger partial charge in [-0.3, -0.25) is 4.90 Å². The van der Waals surface area contributed by atoms with Crippen molar-refractivity contribution < 1.29 is 4.79 Å². The second-order valence-corrected chi connectivity index (χ2v) is 9.33. The Bertz CT molecular complexity index is 1130. The number of hydrogen-bond donors (Lipinski definition) is 2. The standard InChI is InChI=1S/C25H26ClN5O/c1-16(2)21-15-28-24(32)31(21)22-11-14-27-23(29-22)30-25(12-13-25)19-7-3-17(4-8-19)18-5-9-20(26)10-6-18/h3-11,14,16,21H,12-13,15H2,1-2H3,(H,28,32)(H,27,29,30)/t21-/m1/s1. The molecule has 2 amide bonds. The first-order valence-corrected chi connectivity index (χ1v) is 11.4. The van der Waals surface area contributed by atoms with E-state index >= 15 is 0 Å². The van der Waals surface area contributed by atoms with Gasteiger partial charge in [0.15, 0.2) is 0 Å². The number of aromatic nitrogens is 2. The summed E-state index contributed by atoms with van der Waals surface area (Å²) in [6.07, 6.45) is 3.74. The van der Waals surface area contributed by atoms with Crippen molar-refractivity contribution >= 4 is 29.4 Å². The molecule has 6 nitrogen and oxygen atoms in total. The monoisotopic (exact) mass is 447 g/mol. The van der Waals surface area contributed by atoms with Crippen molar-refractivity contribution in [3.63, 3.8) is 0 Å². The van der Waals surface area contributed by atoms with E-state index in [1.54, 1.807) is 17.2 Å². The molecule has 3 aromatic rings. The topological polar surface area (TPSA) is 70.2 Å². The Balaban J connectivity index is 1.36. The van der Waals surface area contributed by atoms with Gasteiger partial charge in [0, 0.05) is 17.8 Å². The first-order valence-electron chi connectivity index (χ1n) is 11.0. The van der Waals surface area contributed by atoms with Crippen LogP contribution >= 0.6 is 11.6 Å². The number of anilines is 2. The summed E-state index contributed by atoms with van der Waals surface area (Å²) in [5.74, 6) is 1.50. The minimum absolute atomic E-state index is 0.0838. The number of carbonyl (C=O) groups is 1. The smallest absolute Gasteiger partial charge is 0.323 e. The molecule has 1 aromatic heterocycles. The summed E-state index contributed by atoms with van der Waals surface area (Å²) in [6, 6.07) is 18.2. The molecule has 1 saturated carbocycles. The highest BCUT2D eigenvalue weighted by Crippen LogP contribution is 2.48. The van der Waals surface area contributed by atoms with E-state index in [9.17, 15) is 4.79 Å². The van der Waals surface area contributed by atoms with E-state index in [4.69, 9.17) is 16.6 Å². The molecule has 2 aromatic carbocycles. The molecule has 2 fully saturated rings. The lowest BCUT2D eigenvalue weighted by atomic mass is 9.99. The second kappa shape index (κ2) is 8.10. The fourth-order valence-corrected chi connectivity index (χ4v) is 4.45. The first-order chi connectivity index (χ1) is 15.4. The average molecular weight is 448 g/mol. The highest BCUT2D eigenvalue weighted by Gasteiger charge is 2.45. The van der Waals surface area contributed by atoms with Crippen LogP contribution in [0.5, 0.6) is 0 Å². The normalized spacial score (nSPS) is 19.2. The molecule has 0 radical (unpaired) electrons. The van der Waals surface area contributed by atoms with Crippen LogP contribution in [0, 0.1) is 5.92 Å². The van der Waals surface area contributed by atoms with Crippen LogP contribution in [0.2, 0.25) is 5.02 Å². The van der Waals surface area contributed by atoms with E-state index < -0.39 is 0 Å². The van der Waals surface area contributed by atoms with Gasteiger partial charge in [0.25, 0.3) is 0 Å². The van der Waals surface area contributed by atoms with Crippen LogP contribution in [0.3, 0.4) is 0 Å². The van der Waals surface area contributed by atoms with E-state index in [-0.39, 0.29) is 17.6 Å². The molecule has 2 N–H and O–H groups in total. The highest BCUT2D eigenvalue weighted by atomic mass is 35.5. The van der Waals surface area contributed by atoms with Gasteiger partial charge in [-0.25, -0.2) is 9.78 Å². The number of carbonyl (C=O) groups excluding carboxylic acids is 1. The SMILES string of the molecule is CC(C)[C@H]1CNC(=O)N1c1ccnc(NC2(c3ccc(-c4ccc(Cl)cc4)cc3)CC2)n1. The third kappa shape index (κ3) is 3.91.